The zero-order valence-corrected chi connectivity index (χ0v) is 17.3. The first-order chi connectivity index (χ1) is 14.3. The summed E-state index contributed by atoms with van der Waals surface area (Å²) >= 11 is 0. The molecule has 1 aromatic heterocycles. The van der Waals surface area contributed by atoms with Crippen molar-refractivity contribution in [2.45, 2.75) is 38.3 Å². The van der Waals surface area contributed by atoms with Gasteiger partial charge in [0.15, 0.2) is 17.3 Å². The first-order valence-corrected chi connectivity index (χ1v) is 10.1. The molecule has 1 aromatic carbocycles. The monoisotopic (exact) mass is 419 g/mol. The Labute approximate surface area is 173 Å². The summed E-state index contributed by atoms with van der Waals surface area (Å²) in [6.07, 6.45) is 2.50. The average Bonchev–Trinajstić information content (AvgIpc) is 3.45. The molecule has 4 rings (SSSR count). The Balaban J connectivity index is 1.90. The number of carboxylic acid groups (broad SMARTS) is 1. The summed E-state index contributed by atoms with van der Waals surface area (Å²) in [6, 6.07) is 1.56. The maximum atomic E-state index is 15.3. The van der Waals surface area contributed by atoms with Crippen molar-refractivity contribution in [3.8, 4) is 11.5 Å². The van der Waals surface area contributed by atoms with Gasteiger partial charge < -0.3 is 29.4 Å². The van der Waals surface area contributed by atoms with Crippen LogP contribution >= 0.6 is 0 Å². The fraction of sp³-hybridized carbons (Fsp3) is 0.524. The number of pyridine rings is 1. The molecule has 2 N–H and O–H groups in total. The number of rotatable bonds is 6. The van der Waals surface area contributed by atoms with Crippen molar-refractivity contribution >= 4 is 22.7 Å². The molecule has 0 amide bonds. The third kappa shape index (κ3) is 3.47. The van der Waals surface area contributed by atoms with Crippen LogP contribution < -0.4 is 25.1 Å². The van der Waals surface area contributed by atoms with E-state index in [1.54, 1.807) is 4.57 Å². The first-order valence-electron chi connectivity index (χ1n) is 10.1. The van der Waals surface area contributed by atoms with E-state index in [0.29, 0.717) is 42.0 Å². The minimum atomic E-state index is -1.58. The lowest BCUT2D eigenvalue weighted by Gasteiger charge is -2.25. The summed E-state index contributed by atoms with van der Waals surface area (Å²) in [6.45, 7) is 3.47. The van der Waals surface area contributed by atoms with E-state index in [1.165, 1.54) is 19.4 Å². The van der Waals surface area contributed by atoms with E-state index in [0.717, 1.165) is 19.3 Å². The van der Waals surface area contributed by atoms with Gasteiger partial charge in [0.2, 0.25) is 5.43 Å². The van der Waals surface area contributed by atoms with Crippen LogP contribution in [0.25, 0.3) is 10.9 Å². The van der Waals surface area contributed by atoms with Gasteiger partial charge in [-0.3, -0.25) is 4.79 Å². The minimum absolute atomic E-state index is 0.0538. The van der Waals surface area contributed by atoms with Gasteiger partial charge in [0.1, 0.15) is 5.69 Å². The highest BCUT2D eigenvalue weighted by molar-refractivity contribution is 5.92. The van der Waals surface area contributed by atoms with Gasteiger partial charge in [0.05, 0.1) is 24.2 Å². The predicted octanol–water partition coefficient (Wildman–Crippen LogP) is 2.98. The summed E-state index contributed by atoms with van der Waals surface area (Å²) in [5.74, 6) is -0.232. The summed E-state index contributed by atoms with van der Waals surface area (Å²) in [7, 11) is 3.38. The Kier molecular flexibility index (Phi) is 5.31. The second-order valence-electron chi connectivity index (χ2n) is 8.04. The molecule has 30 heavy (non-hydrogen) atoms. The number of hydrogen-bond acceptors (Lipinski definition) is 6. The molecule has 8 nitrogen and oxygen atoms in total. The van der Waals surface area contributed by atoms with Gasteiger partial charge in [-0.15, -0.1) is 0 Å². The lowest BCUT2D eigenvalue weighted by molar-refractivity contribution is 0.143. The highest BCUT2D eigenvalue weighted by atomic mass is 19.1. The van der Waals surface area contributed by atoms with Crippen LogP contribution in [-0.2, 0) is 0 Å². The average molecular weight is 419 g/mol. The van der Waals surface area contributed by atoms with Crippen molar-refractivity contribution < 1.29 is 23.8 Å². The fourth-order valence-corrected chi connectivity index (χ4v) is 4.35. The Bertz CT molecular complexity index is 1050. The molecule has 2 aliphatic rings. The molecule has 0 spiro atoms. The van der Waals surface area contributed by atoms with Crippen LogP contribution in [0, 0.1) is 11.7 Å². The number of fused-ring (bicyclic) bond motifs is 1. The van der Waals surface area contributed by atoms with Gasteiger partial charge >= 0.3 is 6.16 Å². The van der Waals surface area contributed by atoms with E-state index in [4.69, 9.17) is 9.84 Å². The van der Waals surface area contributed by atoms with Crippen LogP contribution in [0.15, 0.2) is 17.1 Å². The summed E-state index contributed by atoms with van der Waals surface area (Å²) < 4.78 is 27.4. The zero-order valence-electron chi connectivity index (χ0n) is 17.3. The Morgan fingerprint density at radius 1 is 1.37 bits per heavy atom. The van der Waals surface area contributed by atoms with Gasteiger partial charge in [0.25, 0.3) is 0 Å². The van der Waals surface area contributed by atoms with Crippen molar-refractivity contribution in [3.05, 3.63) is 28.3 Å². The molecule has 1 aliphatic heterocycles. The third-order valence-corrected chi connectivity index (χ3v) is 6.21. The number of benzene rings is 1. The summed E-state index contributed by atoms with van der Waals surface area (Å²) in [4.78, 5) is 25.8. The van der Waals surface area contributed by atoms with Gasteiger partial charge in [-0.25, -0.2) is 9.18 Å². The molecular weight excluding hydrogens is 393 g/mol. The summed E-state index contributed by atoms with van der Waals surface area (Å²) in [5, 5.41) is 12.3. The molecule has 2 fully saturated rings. The van der Waals surface area contributed by atoms with E-state index < -0.39 is 17.4 Å². The molecule has 0 bridgehead atoms. The quantitative estimate of drug-likeness (QED) is 0.696. The maximum Gasteiger partial charge on any atom is 0.511 e. The van der Waals surface area contributed by atoms with Gasteiger partial charge in [-0.05, 0) is 45.2 Å². The van der Waals surface area contributed by atoms with Crippen molar-refractivity contribution in [2.75, 3.05) is 32.1 Å². The van der Waals surface area contributed by atoms with E-state index in [1.807, 2.05) is 11.9 Å². The van der Waals surface area contributed by atoms with Crippen LogP contribution in [0.1, 0.15) is 32.2 Å². The van der Waals surface area contributed by atoms with Crippen molar-refractivity contribution in [3.63, 3.8) is 0 Å². The van der Waals surface area contributed by atoms with Crippen LogP contribution in [0.2, 0.25) is 0 Å². The zero-order chi connectivity index (χ0) is 21.6. The largest absolute Gasteiger partial charge is 0.511 e. The lowest BCUT2D eigenvalue weighted by Crippen LogP contribution is -2.33. The number of carbonyl (C=O) groups is 1. The van der Waals surface area contributed by atoms with Crippen LogP contribution in [0.5, 0.6) is 11.5 Å². The molecule has 2 aromatic rings. The SMILES string of the molecule is CN[C@H](C)[C@H]1CCN(c2c(F)cc3c(=O)c(OC(=O)O)cn(C4CC4)c3c2OC)C1. The Morgan fingerprint density at radius 2 is 2.10 bits per heavy atom. The van der Waals surface area contributed by atoms with Gasteiger partial charge in [-0.2, -0.15) is 0 Å². The molecule has 2 heterocycles. The Morgan fingerprint density at radius 3 is 2.70 bits per heavy atom. The highest BCUT2D eigenvalue weighted by Crippen LogP contribution is 2.45. The standard InChI is InChI=1S/C21H26FN3O5/c1-11(23-2)12-6-7-24(9-12)18-15(22)8-14-17(20(18)29-3)25(13-4-5-13)10-16(19(14)26)30-21(27)28/h8,10-13,23H,4-7,9H2,1-3H3,(H,27,28)/t11-,12+/m1/s1. The number of nitrogens with one attached hydrogen (secondary N) is 1. The van der Waals surface area contributed by atoms with Gasteiger partial charge in [-0.1, -0.05) is 0 Å². The van der Waals surface area contributed by atoms with Crippen LogP contribution in [0.4, 0.5) is 14.9 Å². The molecule has 0 radical (unpaired) electrons. The fourth-order valence-electron chi connectivity index (χ4n) is 4.35. The van der Waals surface area contributed by atoms with Crippen molar-refractivity contribution in [1.29, 1.82) is 0 Å². The lowest BCUT2D eigenvalue weighted by atomic mass is 10.0. The predicted molar refractivity (Wildman–Crippen MR) is 110 cm³/mol. The van der Waals surface area contributed by atoms with Crippen molar-refractivity contribution in [2.24, 2.45) is 5.92 Å². The van der Waals surface area contributed by atoms with Crippen LogP contribution in [0.3, 0.4) is 0 Å². The molecular formula is C21H26FN3O5. The number of halogens is 1. The molecule has 1 aliphatic carbocycles. The normalized spacial score (nSPS) is 19.9. The number of aromatic nitrogens is 1. The van der Waals surface area contributed by atoms with E-state index >= 15 is 4.39 Å². The Hall–Kier alpha value is -2.81. The molecule has 2 atom stereocenters. The van der Waals surface area contributed by atoms with E-state index in [2.05, 4.69) is 17.0 Å². The van der Waals surface area contributed by atoms with Gasteiger partial charge in [0, 0.05) is 25.2 Å². The smallest absolute Gasteiger partial charge is 0.492 e. The van der Waals surface area contributed by atoms with E-state index in [9.17, 15) is 9.59 Å². The highest BCUT2D eigenvalue weighted by Gasteiger charge is 2.34. The molecule has 162 valence electrons. The van der Waals surface area contributed by atoms with Crippen molar-refractivity contribution in [1.82, 2.24) is 9.88 Å². The van der Waals surface area contributed by atoms with E-state index in [-0.39, 0.29) is 17.2 Å². The van der Waals surface area contributed by atoms with Crippen LogP contribution in [-0.4, -0.2) is 49.1 Å². The number of methoxy groups -OCH3 is 1. The second-order valence-corrected chi connectivity index (χ2v) is 8.04. The topological polar surface area (TPSA) is 93.0 Å². The molecule has 9 heteroatoms. The third-order valence-electron chi connectivity index (χ3n) is 6.21. The molecule has 1 saturated carbocycles. The maximum absolute atomic E-state index is 15.3. The molecule has 1 saturated heterocycles. The number of ether oxygens (including phenoxy) is 2. The second kappa shape index (κ2) is 7.79. The first kappa shape index (κ1) is 20.5. The minimum Gasteiger partial charge on any atom is -0.492 e. The summed E-state index contributed by atoms with van der Waals surface area (Å²) in [5.41, 5.74) is 0.150. The number of anilines is 1. The number of hydrogen-bond donors (Lipinski definition) is 2. The molecule has 0 unspecified atom stereocenters. The number of nitrogens with zero attached hydrogens (tertiary/aromatic N) is 2.